The predicted octanol–water partition coefficient (Wildman–Crippen LogP) is 2.24. The molecule has 5 nitrogen and oxygen atoms in total. The molecule has 2 aliphatic heterocycles. The van der Waals surface area contributed by atoms with Gasteiger partial charge in [0.15, 0.2) is 0 Å². The van der Waals surface area contributed by atoms with Crippen molar-refractivity contribution in [1.29, 1.82) is 0 Å². The molecule has 2 fully saturated rings. The number of carbonyl (C=O) groups excluding carboxylic acids is 2. The second kappa shape index (κ2) is 7.78. The van der Waals surface area contributed by atoms with Crippen molar-refractivity contribution in [2.24, 2.45) is 17.8 Å². The molecule has 1 aromatic carbocycles. The lowest BCUT2D eigenvalue weighted by Crippen LogP contribution is -2.40. The van der Waals surface area contributed by atoms with Gasteiger partial charge in [0.25, 0.3) is 5.91 Å². The molecule has 1 aromatic rings. The third-order valence-electron chi connectivity index (χ3n) is 6.07. The van der Waals surface area contributed by atoms with E-state index in [1.54, 1.807) is 6.92 Å². The van der Waals surface area contributed by atoms with E-state index in [1.807, 2.05) is 35.8 Å². The fourth-order valence-electron chi connectivity index (χ4n) is 4.71. The third-order valence-corrected chi connectivity index (χ3v) is 6.07. The molecule has 0 aliphatic carbocycles. The van der Waals surface area contributed by atoms with Gasteiger partial charge < -0.3 is 14.9 Å². The molecule has 1 N–H and O–H groups in total. The van der Waals surface area contributed by atoms with Gasteiger partial charge in [-0.1, -0.05) is 17.2 Å². The number of hydrogen-bond donors (Lipinski definition) is 1. The van der Waals surface area contributed by atoms with E-state index >= 15 is 0 Å². The average Bonchev–Trinajstić information content (AvgIpc) is 3.04. The summed E-state index contributed by atoms with van der Waals surface area (Å²) in [5, 5.41) is 9.86. The van der Waals surface area contributed by atoms with Crippen LogP contribution in [0, 0.1) is 31.6 Å². The predicted molar refractivity (Wildman–Crippen MR) is 101 cm³/mol. The van der Waals surface area contributed by atoms with E-state index in [1.165, 1.54) is 0 Å². The Labute approximate surface area is 156 Å². The van der Waals surface area contributed by atoms with Gasteiger partial charge in [-0.15, -0.1) is 0 Å². The normalized spacial score (nSPS) is 24.2. The largest absolute Gasteiger partial charge is 0.396 e. The summed E-state index contributed by atoms with van der Waals surface area (Å²) in [5.74, 6) is 1.14. The lowest BCUT2D eigenvalue weighted by Gasteiger charge is -2.35. The van der Waals surface area contributed by atoms with Gasteiger partial charge in [-0.3, -0.25) is 9.59 Å². The number of rotatable bonds is 3. The van der Waals surface area contributed by atoms with Gasteiger partial charge in [0.1, 0.15) is 0 Å². The van der Waals surface area contributed by atoms with E-state index < -0.39 is 0 Å². The first-order valence-electron chi connectivity index (χ1n) is 9.63. The maximum Gasteiger partial charge on any atom is 0.253 e. The summed E-state index contributed by atoms with van der Waals surface area (Å²) in [6.07, 6.45) is 1.93. The van der Waals surface area contributed by atoms with Crippen LogP contribution >= 0.6 is 0 Å². The van der Waals surface area contributed by atoms with Gasteiger partial charge in [0, 0.05) is 51.2 Å². The number of amides is 2. The summed E-state index contributed by atoms with van der Waals surface area (Å²) in [7, 11) is 0. The van der Waals surface area contributed by atoms with E-state index in [0.717, 1.165) is 42.6 Å². The van der Waals surface area contributed by atoms with Crippen LogP contribution in [0.1, 0.15) is 41.3 Å². The molecular weight excluding hydrogens is 328 g/mol. The number of aliphatic hydroxyl groups is 1. The number of benzene rings is 1. The average molecular weight is 358 g/mol. The third kappa shape index (κ3) is 3.93. The lowest BCUT2D eigenvalue weighted by atomic mass is 9.79. The minimum atomic E-state index is 0.0684. The van der Waals surface area contributed by atoms with Crippen molar-refractivity contribution in [3.8, 4) is 0 Å². The SMILES string of the molecule is CC(=O)N1CCC([C@@H]2CN(C(=O)c3cc(C)cc(C)c3)C[C@H]2CO)CC1. The summed E-state index contributed by atoms with van der Waals surface area (Å²) in [6, 6.07) is 5.97. The van der Waals surface area contributed by atoms with Gasteiger partial charge in [-0.2, -0.15) is 0 Å². The van der Waals surface area contributed by atoms with Crippen molar-refractivity contribution in [3.63, 3.8) is 0 Å². The molecule has 0 saturated carbocycles. The smallest absolute Gasteiger partial charge is 0.253 e. The summed E-state index contributed by atoms with van der Waals surface area (Å²) in [4.78, 5) is 28.3. The molecule has 0 unspecified atom stereocenters. The quantitative estimate of drug-likeness (QED) is 0.901. The number of nitrogens with zero attached hydrogens (tertiary/aromatic N) is 2. The van der Waals surface area contributed by atoms with Crippen molar-refractivity contribution in [2.75, 3.05) is 32.8 Å². The van der Waals surface area contributed by atoms with Gasteiger partial charge in [0.2, 0.25) is 5.91 Å². The van der Waals surface area contributed by atoms with Gasteiger partial charge in [-0.05, 0) is 50.7 Å². The van der Waals surface area contributed by atoms with E-state index in [0.29, 0.717) is 24.9 Å². The number of likely N-dealkylation sites (tertiary alicyclic amines) is 2. The van der Waals surface area contributed by atoms with Crippen LogP contribution in [-0.2, 0) is 4.79 Å². The summed E-state index contributed by atoms with van der Waals surface area (Å²) >= 11 is 0. The lowest BCUT2D eigenvalue weighted by molar-refractivity contribution is -0.130. The number of carbonyl (C=O) groups is 2. The highest BCUT2D eigenvalue weighted by atomic mass is 16.3. The number of piperidine rings is 1. The van der Waals surface area contributed by atoms with Crippen LogP contribution in [0.4, 0.5) is 0 Å². The molecule has 2 heterocycles. The zero-order valence-electron chi connectivity index (χ0n) is 16.1. The molecule has 2 saturated heterocycles. The summed E-state index contributed by atoms with van der Waals surface area (Å²) in [6.45, 7) is 8.68. The maximum atomic E-state index is 13.0. The van der Waals surface area contributed by atoms with E-state index in [-0.39, 0.29) is 24.3 Å². The number of hydrogen-bond acceptors (Lipinski definition) is 3. The van der Waals surface area contributed by atoms with Gasteiger partial charge >= 0.3 is 0 Å². The minimum absolute atomic E-state index is 0.0684. The molecule has 0 spiro atoms. The highest BCUT2D eigenvalue weighted by molar-refractivity contribution is 5.94. The fourth-order valence-corrected chi connectivity index (χ4v) is 4.71. The van der Waals surface area contributed by atoms with Crippen molar-refractivity contribution >= 4 is 11.8 Å². The Balaban J connectivity index is 1.69. The summed E-state index contributed by atoms with van der Waals surface area (Å²) < 4.78 is 0. The van der Waals surface area contributed by atoms with Crippen molar-refractivity contribution in [3.05, 3.63) is 34.9 Å². The highest BCUT2D eigenvalue weighted by Gasteiger charge is 2.40. The highest BCUT2D eigenvalue weighted by Crippen LogP contribution is 2.36. The van der Waals surface area contributed by atoms with Crippen molar-refractivity contribution in [1.82, 2.24) is 9.80 Å². The molecule has 5 heteroatoms. The van der Waals surface area contributed by atoms with Crippen LogP contribution in [-0.4, -0.2) is 59.5 Å². The van der Waals surface area contributed by atoms with Crippen LogP contribution in [0.15, 0.2) is 18.2 Å². The van der Waals surface area contributed by atoms with Crippen LogP contribution in [0.25, 0.3) is 0 Å². The first-order chi connectivity index (χ1) is 12.4. The van der Waals surface area contributed by atoms with Crippen LogP contribution in [0.3, 0.4) is 0 Å². The van der Waals surface area contributed by atoms with E-state index in [9.17, 15) is 14.7 Å². The van der Waals surface area contributed by atoms with Crippen LogP contribution in [0.2, 0.25) is 0 Å². The zero-order valence-corrected chi connectivity index (χ0v) is 16.1. The topological polar surface area (TPSA) is 60.9 Å². The fraction of sp³-hybridized carbons (Fsp3) is 0.619. The monoisotopic (exact) mass is 358 g/mol. The van der Waals surface area contributed by atoms with Gasteiger partial charge in [0.05, 0.1) is 0 Å². The Bertz CT molecular complexity index is 660. The molecule has 0 aromatic heterocycles. The Morgan fingerprint density at radius 1 is 1.04 bits per heavy atom. The zero-order chi connectivity index (χ0) is 18.8. The van der Waals surface area contributed by atoms with Crippen molar-refractivity contribution < 1.29 is 14.7 Å². The molecule has 0 bridgehead atoms. The van der Waals surface area contributed by atoms with Gasteiger partial charge in [-0.25, -0.2) is 0 Å². The second-order valence-corrected chi connectivity index (χ2v) is 8.04. The molecule has 142 valence electrons. The first-order valence-corrected chi connectivity index (χ1v) is 9.63. The van der Waals surface area contributed by atoms with E-state index in [2.05, 4.69) is 6.07 Å². The van der Waals surface area contributed by atoms with Crippen LogP contribution < -0.4 is 0 Å². The van der Waals surface area contributed by atoms with Crippen molar-refractivity contribution in [2.45, 2.75) is 33.6 Å². The number of aryl methyl sites for hydroxylation is 2. The Morgan fingerprint density at radius 3 is 2.19 bits per heavy atom. The molecule has 0 radical (unpaired) electrons. The number of aliphatic hydroxyl groups excluding tert-OH is 1. The molecule has 2 atom stereocenters. The Hall–Kier alpha value is -1.88. The maximum absolute atomic E-state index is 13.0. The summed E-state index contributed by atoms with van der Waals surface area (Å²) in [5.41, 5.74) is 2.94. The standard InChI is InChI=1S/C21H30N2O3/c1-14-8-15(2)10-18(9-14)21(26)23-11-19(13-24)20(12-23)17-4-6-22(7-5-17)16(3)25/h8-10,17,19-20,24H,4-7,11-13H2,1-3H3/t19-,20-/m0/s1. The molecule has 2 aliphatic rings. The minimum Gasteiger partial charge on any atom is -0.396 e. The first kappa shape index (κ1) is 18.9. The van der Waals surface area contributed by atoms with Crippen LogP contribution in [0.5, 0.6) is 0 Å². The Kier molecular flexibility index (Phi) is 5.66. The molecular formula is C21H30N2O3. The molecule has 3 rings (SSSR count). The second-order valence-electron chi connectivity index (χ2n) is 8.04. The molecule has 2 amide bonds. The molecule has 26 heavy (non-hydrogen) atoms. The van der Waals surface area contributed by atoms with E-state index in [4.69, 9.17) is 0 Å². The Morgan fingerprint density at radius 2 is 1.65 bits per heavy atom.